The number of nitrogens with zero attached hydrogens (tertiary/aromatic N) is 3. The van der Waals surface area contributed by atoms with Crippen LogP contribution in [-0.2, 0) is 21.4 Å². The Morgan fingerprint density at radius 2 is 2.04 bits per heavy atom. The third-order valence-corrected chi connectivity index (χ3v) is 4.47. The number of aryl methyl sites for hydroxylation is 1. The minimum absolute atomic E-state index is 0.00371. The molecule has 1 aliphatic heterocycles. The zero-order chi connectivity index (χ0) is 17.9. The van der Waals surface area contributed by atoms with Gasteiger partial charge in [0.05, 0.1) is 5.92 Å². The number of piperidine rings is 1. The normalized spacial score (nSPS) is 21.8. The maximum Gasteiger partial charge on any atom is 0.308 e. The van der Waals surface area contributed by atoms with Gasteiger partial charge in [0.25, 0.3) is 0 Å². The smallest absolute Gasteiger partial charge is 0.308 e. The fraction of sp³-hybridized carbons (Fsp3) is 0.765. The van der Waals surface area contributed by atoms with Crippen LogP contribution in [0.2, 0.25) is 0 Å². The molecule has 7 heteroatoms. The van der Waals surface area contributed by atoms with Gasteiger partial charge in [-0.25, -0.2) is 0 Å². The summed E-state index contributed by atoms with van der Waals surface area (Å²) in [7, 11) is 0. The highest BCUT2D eigenvalue weighted by Crippen LogP contribution is 2.23. The van der Waals surface area contributed by atoms with E-state index in [-0.39, 0.29) is 17.4 Å². The Hall–Kier alpha value is -1.92. The number of carbonyl (C=O) groups is 2. The Labute approximate surface area is 142 Å². The SMILES string of the molecule is CC1CCC(C(=O)O)CN1C(=O)CCCc1nc(C(C)(C)C)no1. The van der Waals surface area contributed by atoms with Crippen molar-refractivity contribution >= 4 is 11.9 Å². The van der Waals surface area contributed by atoms with Gasteiger partial charge in [-0.3, -0.25) is 9.59 Å². The Morgan fingerprint density at radius 3 is 2.62 bits per heavy atom. The van der Waals surface area contributed by atoms with Crippen molar-refractivity contribution < 1.29 is 19.2 Å². The van der Waals surface area contributed by atoms with Crippen LogP contribution in [0.1, 0.15) is 65.1 Å². The van der Waals surface area contributed by atoms with Crippen LogP contribution in [0.5, 0.6) is 0 Å². The van der Waals surface area contributed by atoms with Crippen molar-refractivity contribution in [3.8, 4) is 0 Å². The molecule has 0 aliphatic carbocycles. The number of hydrogen-bond acceptors (Lipinski definition) is 5. The van der Waals surface area contributed by atoms with Crippen molar-refractivity contribution in [1.29, 1.82) is 0 Å². The van der Waals surface area contributed by atoms with Gasteiger partial charge in [-0.1, -0.05) is 25.9 Å². The molecular formula is C17H27N3O4. The van der Waals surface area contributed by atoms with Crippen LogP contribution in [0, 0.1) is 5.92 Å². The number of carbonyl (C=O) groups excluding carboxylic acids is 1. The fourth-order valence-corrected chi connectivity index (χ4v) is 2.85. The average Bonchev–Trinajstić information content (AvgIpc) is 2.96. The first-order valence-electron chi connectivity index (χ1n) is 8.54. The predicted molar refractivity (Wildman–Crippen MR) is 87.5 cm³/mol. The van der Waals surface area contributed by atoms with Gasteiger partial charge >= 0.3 is 5.97 Å². The second-order valence-electron chi connectivity index (χ2n) is 7.62. The van der Waals surface area contributed by atoms with E-state index in [4.69, 9.17) is 9.63 Å². The van der Waals surface area contributed by atoms with Gasteiger partial charge in [0.15, 0.2) is 5.82 Å². The summed E-state index contributed by atoms with van der Waals surface area (Å²) in [4.78, 5) is 29.6. The minimum Gasteiger partial charge on any atom is -0.481 e. The van der Waals surface area contributed by atoms with Gasteiger partial charge in [-0.05, 0) is 26.2 Å². The molecule has 2 heterocycles. The lowest BCUT2D eigenvalue weighted by Gasteiger charge is -2.36. The van der Waals surface area contributed by atoms with Crippen LogP contribution in [0.15, 0.2) is 4.52 Å². The molecule has 134 valence electrons. The second-order valence-corrected chi connectivity index (χ2v) is 7.62. The lowest BCUT2D eigenvalue weighted by atomic mass is 9.93. The molecule has 2 atom stereocenters. The zero-order valence-corrected chi connectivity index (χ0v) is 14.9. The van der Waals surface area contributed by atoms with E-state index in [1.807, 2.05) is 27.7 Å². The third kappa shape index (κ3) is 4.55. The number of carboxylic acids is 1. The quantitative estimate of drug-likeness (QED) is 0.886. The molecule has 1 aromatic heterocycles. The number of carboxylic acid groups (broad SMARTS) is 1. The summed E-state index contributed by atoms with van der Waals surface area (Å²) < 4.78 is 5.22. The molecule has 2 rings (SSSR count). The van der Waals surface area contributed by atoms with Crippen molar-refractivity contribution in [1.82, 2.24) is 15.0 Å². The highest BCUT2D eigenvalue weighted by molar-refractivity contribution is 5.78. The van der Waals surface area contributed by atoms with E-state index < -0.39 is 11.9 Å². The van der Waals surface area contributed by atoms with Gasteiger partial charge in [0.1, 0.15) is 0 Å². The Morgan fingerprint density at radius 1 is 1.33 bits per heavy atom. The minimum atomic E-state index is -0.819. The summed E-state index contributed by atoms with van der Waals surface area (Å²) >= 11 is 0. The monoisotopic (exact) mass is 337 g/mol. The first-order chi connectivity index (χ1) is 11.2. The van der Waals surface area contributed by atoms with Crippen molar-refractivity contribution in [2.24, 2.45) is 5.92 Å². The maximum absolute atomic E-state index is 12.4. The zero-order valence-electron chi connectivity index (χ0n) is 14.9. The molecule has 0 aromatic carbocycles. The number of hydrogen-bond donors (Lipinski definition) is 1. The standard InChI is InChI=1S/C17H27N3O4/c1-11-8-9-12(15(22)23)10-20(11)14(21)7-5-6-13-18-16(19-24-13)17(2,3)4/h11-12H,5-10H2,1-4H3,(H,22,23). The molecule has 1 saturated heterocycles. The number of amides is 1. The van der Waals surface area contributed by atoms with Gasteiger partial charge in [-0.15, -0.1) is 0 Å². The third-order valence-electron chi connectivity index (χ3n) is 4.47. The van der Waals surface area contributed by atoms with E-state index in [2.05, 4.69) is 10.1 Å². The fourth-order valence-electron chi connectivity index (χ4n) is 2.85. The topological polar surface area (TPSA) is 96.5 Å². The molecule has 1 N–H and O–H groups in total. The van der Waals surface area contributed by atoms with E-state index in [9.17, 15) is 9.59 Å². The van der Waals surface area contributed by atoms with Gasteiger partial charge < -0.3 is 14.5 Å². The largest absolute Gasteiger partial charge is 0.481 e. The van der Waals surface area contributed by atoms with E-state index in [1.54, 1.807) is 4.90 Å². The van der Waals surface area contributed by atoms with Crippen LogP contribution in [-0.4, -0.2) is 44.6 Å². The van der Waals surface area contributed by atoms with Crippen molar-refractivity contribution in [2.75, 3.05) is 6.54 Å². The molecule has 1 aliphatic rings. The summed E-state index contributed by atoms with van der Waals surface area (Å²) in [6, 6.07) is 0.101. The van der Waals surface area contributed by atoms with Crippen molar-refractivity contribution in [2.45, 2.75) is 71.3 Å². The second kappa shape index (κ2) is 7.32. The maximum atomic E-state index is 12.4. The first-order valence-corrected chi connectivity index (χ1v) is 8.54. The van der Waals surface area contributed by atoms with E-state index in [0.717, 1.165) is 6.42 Å². The van der Waals surface area contributed by atoms with Gasteiger partial charge in [-0.2, -0.15) is 4.98 Å². The Balaban J connectivity index is 1.84. The molecule has 1 aromatic rings. The lowest BCUT2D eigenvalue weighted by Crippen LogP contribution is -2.47. The Bertz CT molecular complexity index is 591. The van der Waals surface area contributed by atoms with E-state index in [0.29, 0.717) is 43.9 Å². The molecule has 0 saturated carbocycles. The number of likely N-dealkylation sites (tertiary alicyclic amines) is 1. The van der Waals surface area contributed by atoms with E-state index >= 15 is 0 Å². The van der Waals surface area contributed by atoms with Crippen molar-refractivity contribution in [3.05, 3.63) is 11.7 Å². The molecule has 0 bridgehead atoms. The summed E-state index contributed by atoms with van der Waals surface area (Å²) in [6.45, 7) is 8.33. The number of aliphatic carboxylic acids is 1. The van der Waals surface area contributed by atoms with Crippen LogP contribution >= 0.6 is 0 Å². The molecule has 24 heavy (non-hydrogen) atoms. The van der Waals surface area contributed by atoms with Crippen LogP contribution in [0.4, 0.5) is 0 Å². The number of aromatic nitrogens is 2. The van der Waals surface area contributed by atoms with Crippen LogP contribution in [0.3, 0.4) is 0 Å². The van der Waals surface area contributed by atoms with Crippen LogP contribution < -0.4 is 0 Å². The number of rotatable bonds is 5. The first kappa shape index (κ1) is 18.4. The molecule has 1 amide bonds. The van der Waals surface area contributed by atoms with Gasteiger partial charge in [0.2, 0.25) is 11.8 Å². The summed E-state index contributed by atoms with van der Waals surface area (Å²) in [5, 5.41) is 13.1. The molecule has 1 fully saturated rings. The Kier molecular flexibility index (Phi) is 5.62. The highest BCUT2D eigenvalue weighted by atomic mass is 16.5. The van der Waals surface area contributed by atoms with E-state index in [1.165, 1.54) is 0 Å². The molecule has 0 spiro atoms. The lowest BCUT2D eigenvalue weighted by molar-refractivity contribution is -0.147. The average molecular weight is 337 g/mol. The highest BCUT2D eigenvalue weighted by Gasteiger charge is 2.32. The van der Waals surface area contributed by atoms with Crippen LogP contribution in [0.25, 0.3) is 0 Å². The predicted octanol–water partition coefficient (Wildman–Crippen LogP) is 2.40. The molecule has 0 radical (unpaired) electrons. The molecular weight excluding hydrogens is 310 g/mol. The molecule has 7 nitrogen and oxygen atoms in total. The summed E-state index contributed by atoms with van der Waals surface area (Å²) in [6.07, 6.45) is 2.91. The molecule has 2 unspecified atom stereocenters. The van der Waals surface area contributed by atoms with Crippen molar-refractivity contribution in [3.63, 3.8) is 0 Å². The summed E-state index contributed by atoms with van der Waals surface area (Å²) in [5.41, 5.74) is -0.160. The summed E-state index contributed by atoms with van der Waals surface area (Å²) in [5.74, 6) is -0.0553. The van der Waals surface area contributed by atoms with Gasteiger partial charge in [0, 0.05) is 30.8 Å².